The third kappa shape index (κ3) is 4.06. The highest BCUT2D eigenvalue weighted by Gasteiger charge is 2.12. The summed E-state index contributed by atoms with van der Waals surface area (Å²) in [6.07, 6.45) is 1.81. The van der Waals surface area contributed by atoms with Crippen molar-refractivity contribution in [2.75, 3.05) is 40.0 Å². The van der Waals surface area contributed by atoms with Gasteiger partial charge >= 0.3 is 0 Å². The van der Waals surface area contributed by atoms with E-state index in [1.807, 2.05) is 0 Å². The van der Waals surface area contributed by atoms with Crippen molar-refractivity contribution in [1.29, 1.82) is 0 Å². The largest absolute Gasteiger partial charge is 0.492 e. The van der Waals surface area contributed by atoms with Crippen molar-refractivity contribution in [2.45, 2.75) is 12.8 Å². The molecule has 1 saturated heterocycles. The maximum Gasteiger partial charge on any atom is 0.173 e. The molecule has 1 fully saturated rings. The molecule has 1 aliphatic heterocycles. The Morgan fingerprint density at radius 3 is 2.74 bits per heavy atom. The summed E-state index contributed by atoms with van der Waals surface area (Å²) in [4.78, 5) is 2.37. The minimum absolute atomic E-state index is 0.124. The lowest BCUT2D eigenvalue weighted by Gasteiger charge is -2.26. The Bertz CT molecular complexity index is 399. The van der Waals surface area contributed by atoms with Gasteiger partial charge in [0.1, 0.15) is 0 Å². The van der Waals surface area contributed by atoms with Gasteiger partial charge in [0.05, 0.1) is 25.3 Å². The zero-order chi connectivity index (χ0) is 13.7. The molecule has 1 aromatic rings. The Morgan fingerprint density at radius 1 is 1.37 bits per heavy atom. The van der Waals surface area contributed by atoms with Gasteiger partial charge in [-0.25, -0.2) is 4.39 Å². The summed E-state index contributed by atoms with van der Waals surface area (Å²) in [5.74, 6) is -0.269. The van der Waals surface area contributed by atoms with E-state index in [2.05, 4.69) is 4.90 Å². The zero-order valence-corrected chi connectivity index (χ0v) is 11.9. The summed E-state index contributed by atoms with van der Waals surface area (Å²) in [7, 11) is 1.42. The van der Waals surface area contributed by atoms with E-state index in [-0.39, 0.29) is 5.75 Å². The highest BCUT2D eigenvalue weighted by atomic mass is 35.5. The van der Waals surface area contributed by atoms with Crippen molar-refractivity contribution in [3.63, 3.8) is 0 Å². The Balaban J connectivity index is 1.85. The van der Waals surface area contributed by atoms with Gasteiger partial charge in [-0.3, -0.25) is 4.90 Å². The maximum atomic E-state index is 13.7. The minimum atomic E-state index is -0.392. The van der Waals surface area contributed by atoms with Crippen LogP contribution in [-0.4, -0.2) is 44.9 Å². The minimum Gasteiger partial charge on any atom is -0.492 e. The maximum absolute atomic E-state index is 13.7. The highest BCUT2D eigenvalue weighted by Crippen LogP contribution is 2.29. The fourth-order valence-corrected chi connectivity index (χ4v) is 2.59. The molecular weight excluding hydrogens is 269 g/mol. The quantitative estimate of drug-likeness (QED) is 0.831. The number of benzene rings is 1. The molecule has 0 aromatic heterocycles. The molecule has 19 heavy (non-hydrogen) atoms. The van der Waals surface area contributed by atoms with Gasteiger partial charge in [0.25, 0.3) is 0 Å². The Kier molecular flexibility index (Phi) is 5.43. The van der Waals surface area contributed by atoms with Gasteiger partial charge < -0.3 is 9.47 Å². The van der Waals surface area contributed by atoms with Gasteiger partial charge in [-0.2, -0.15) is 0 Å². The second-order valence-electron chi connectivity index (χ2n) is 4.65. The van der Waals surface area contributed by atoms with Gasteiger partial charge in [-0.1, -0.05) is 11.6 Å². The van der Waals surface area contributed by atoms with Crippen molar-refractivity contribution in [3.8, 4) is 5.75 Å². The van der Waals surface area contributed by atoms with Crippen LogP contribution in [-0.2, 0) is 11.2 Å². The Morgan fingerprint density at radius 2 is 2.11 bits per heavy atom. The van der Waals surface area contributed by atoms with Crippen molar-refractivity contribution >= 4 is 11.6 Å². The number of morpholine rings is 1. The van der Waals surface area contributed by atoms with Gasteiger partial charge in [0, 0.05) is 13.1 Å². The second kappa shape index (κ2) is 7.08. The molecule has 0 radical (unpaired) electrons. The molecular formula is C14H19ClFNO2. The summed E-state index contributed by atoms with van der Waals surface area (Å²) < 4.78 is 23.9. The van der Waals surface area contributed by atoms with Crippen molar-refractivity contribution in [1.82, 2.24) is 4.90 Å². The third-order valence-corrected chi connectivity index (χ3v) is 3.59. The van der Waals surface area contributed by atoms with Crippen molar-refractivity contribution in [3.05, 3.63) is 28.5 Å². The van der Waals surface area contributed by atoms with Crippen LogP contribution in [0.5, 0.6) is 5.75 Å². The standard InChI is InChI=1S/C14H19ClFNO2/c1-18-14-12(15)9-11(10-13(14)16)3-2-4-17-5-7-19-8-6-17/h9-10H,2-8H2,1H3. The lowest BCUT2D eigenvalue weighted by molar-refractivity contribution is 0.0374. The van der Waals surface area contributed by atoms with Crippen LogP contribution >= 0.6 is 11.6 Å². The fraction of sp³-hybridized carbons (Fsp3) is 0.571. The summed E-state index contributed by atoms with van der Waals surface area (Å²) in [5, 5.41) is 0.337. The molecule has 0 spiro atoms. The molecule has 0 saturated carbocycles. The molecule has 0 N–H and O–H groups in total. The topological polar surface area (TPSA) is 21.7 Å². The first-order valence-corrected chi connectivity index (χ1v) is 6.90. The number of rotatable bonds is 5. The molecule has 5 heteroatoms. The van der Waals surface area contributed by atoms with Crippen molar-refractivity contribution < 1.29 is 13.9 Å². The number of nitrogens with zero attached hydrogens (tertiary/aromatic N) is 1. The Labute approximate surface area is 118 Å². The van der Waals surface area contributed by atoms with Crippen LogP contribution in [0.3, 0.4) is 0 Å². The number of hydrogen-bond acceptors (Lipinski definition) is 3. The molecule has 2 rings (SSSR count). The lowest BCUT2D eigenvalue weighted by Crippen LogP contribution is -2.36. The molecule has 106 valence electrons. The van der Waals surface area contributed by atoms with E-state index in [9.17, 15) is 4.39 Å². The Hall–Kier alpha value is -0.840. The number of halogens is 2. The van der Waals surface area contributed by atoms with E-state index in [0.29, 0.717) is 5.02 Å². The van der Waals surface area contributed by atoms with E-state index in [1.54, 1.807) is 6.07 Å². The van der Waals surface area contributed by atoms with Gasteiger partial charge in [-0.15, -0.1) is 0 Å². The van der Waals surface area contributed by atoms with Gasteiger partial charge in [0.2, 0.25) is 0 Å². The second-order valence-corrected chi connectivity index (χ2v) is 5.06. The number of ether oxygens (including phenoxy) is 2. The molecule has 0 bridgehead atoms. The molecule has 0 amide bonds. The van der Waals surface area contributed by atoms with E-state index >= 15 is 0 Å². The number of hydrogen-bond donors (Lipinski definition) is 0. The van der Waals surface area contributed by atoms with E-state index in [1.165, 1.54) is 13.2 Å². The summed E-state index contributed by atoms with van der Waals surface area (Å²) in [6.45, 7) is 4.59. The predicted molar refractivity (Wildman–Crippen MR) is 73.5 cm³/mol. The first kappa shape index (κ1) is 14.6. The fourth-order valence-electron chi connectivity index (χ4n) is 2.28. The number of methoxy groups -OCH3 is 1. The average Bonchev–Trinajstić information content (AvgIpc) is 2.40. The monoisotopic (exact) mass is 287 g/mol. The average molecular weight is 288 g/mol. The summed E-state index contributed by atoms with van der Waals surface area (Å²) in [5.41, 5.74) is 0.913. The summed E-state index contributed by atoms with van der Waals surface area (Å²) in [6, 6.07) is 3.28. The first-order valence-electron chi connectivity index (χ1n) is 6.52. The summed E-state index contributed by atoms with van der Waals surface area (Å²) >= 11 is 5.97. The van der Waals surface area contributed by atoms with Crippen LogP contribution in [0.2, 0.25) is 5.02 Å². The molecule has 0 atom stereocenters. The van der Waals surface area contributed by atoms with Crippen LogP contribution < -0.4 is 4.74 Å². The SMILES string of the molecule is COc1c(F)cc(CCCN2CCOCC2)cc1Cl. The normalized spacial score (nSPS) is 16.6. The third-order valence-electron chi connectivity index (χ3n) is 3.31. The van der Waals surface area contributed by atoms with Crippen molar-refractivity contribution in [2.24, 2.45) is 0 Å². The van der Waals surface area contributed by atoms with E-state index in [4.69, 9.17) is 21.1 Å². The first-order chi connectivity index (χ1) is 9.20. The molecule has 1 heterocycles. The van der Waals surface area contributed by atoms with E-state index in [0.717, 1.165) is 51.3 Å². The highest BCUT2D eigenvalue weighted by molar-refractivity contribution is 6.32. The van der Waals surface area contributed by atoms with Gasteiger partial charge in [-0.05, 0) is 37.1 Å². The van der Waals surface area contributed by atoms with Gasteiger partial charge in [0.15, 0.2) is 11.6 Å². The molecule has 1 aromatic carbocycles. The zero-order valence-electron chi connectivity index (χ0n) is 11.1. The molecule has 1 aliphatic rings. The molecule has 0 unspecified atom stereocenters. The number of aryl methyl sites for hydroxylation is 1. The smallest absolute Gasteiger partial charge is 0.173 e. The van der Waals surface area contributed by atoms with Crippen LogP contribution in [0.4, 0.5) is 4.39 Å². The molecule has 0 aliphatic carbocycles. The van der Waals surface area contributed by atoms with Crippen LogP contribution in [0.1, 0.15) is 12.0 Å². The van der Waals surface area contributed by atoms with Crippen LogP contribution in [0.15, 0.2) is 12.1 Å². The van der Waals surface area contributed by atoms with Crippen LogP contribution in [0, 0.1) is 5.82 Å². The predicted octanol–water partition coefficient (Wildman–Crippen LogP) is 2.75. The van der Waals surface area contributed by atoms with E-state index < -0.39 is 5.82 Å². The lowest BCUT2D eigenvalue weighted by atomic mass is 10.1. The molecule has 3 nitrogen and oxygen atoms in total. The van der Waals surface area contributed by atoms with Crippen LogP contribution in [0.25, 0.3) is 0 Å².